The van der Waals surface area contributed by atoms with Gasteiger partial charge in [0.2, 0.25) is 0 Å². The van der Waals surface area contributed by atoms with Crippen LogP contribution in [0.3, 0.4) is 0 Å². The predicted molar refractivity (Wildman–Crippen MR) is 66.5 cm³/mol. The summed E-state index contributed by atoms with van der Waals surface area (Å²) in [5, 5.41) is 0. The molecule has 0 amide bonds. The number of unbranched alkanes of at least 4 members (excludes halogenated alkanes) is 1. The number of hydrogen-bond acceptors (Lipinski definition) is 3. The SMILES string of the molecule is COC(=O)/C=C\CCCOCc1ccccc1. The van der Waals surface area contributed by atoms with Crippen LogP contribution in [0, 0.1) is 0 Å². The summed E-state index contributed by atoms with van der Waals surface area (Å²) in [5.74, 6) is -0.310. The topological polar surface area (TPSA) is 35.5 Å². The number of hydrogen-bond donors (Lipinski definition) is 0. The Morgan fingerprint density at radius 3 is 2.76 bits per heavy atom. The molecule has 0 bridgehead atoms. The maximum Gasteiger partial charge on any atom is 0.330 e. The quantitative estimate of drug-likeness (QED) is 0.413. The van der Waals surface area contributed by atoms with E-state index in [1.807, 2.05) is 30.3 Å². The van der Waals surface area contributed by atoms with Gasteiger partial charge in [0, 0.05) is 12.7 Å². The molecule has 0 aliphatic heterocycles. The standard InChI is InChI=1S/C14H18O3/c1-16-14(15)10-6-3-7-11-17-12-13-8-4-2-5-9-13/h2,4-6,8-10H,3,7,11-12H2,1H3/b10-6-. The van der Waals surface area contributed by atoms with Gasteiger partial charge in [-0.1, -0.05) is 36.4 Å². The zero-order chi connectivity index (χ0) is 12.3. The van der Waals surface area contributed by atoms with Gasteiger partial charge < -0.3 is 9.47 Å². The maximum absolute atomic E-state index is 10.7. The normalized spacial score (nSPS) is 10.6. The Bertz CT molecular complexity index is 344. The molecule has 1 aromatic carbocycles. The number of esters is 1. The van der Waals surface area contributed by atoms with Gasteiger partial charge in [-0.2, -0.15) is 0 Å². The third kappa shape index (κ3) is 6.53. The predicted octanol–water partition coefficient (Wildman–Crippen LogP) is 2.71. The van der Waals surface area contributed by atoms with Crippen molar-refractivity contribution in [2.45, 2.75) is 19.4 Å². The van der Waals surface area contributed by atoms with Crippen LogP contribution >= 0.6 is 0 Å². The summed E-state index contributed by atoms with van der Waals surface area (Å²) in [6, 6.07) is 10.1. The fourth-order valence-corrected chi connectivity index (χ4v) is 1.32. The fraction of sp³-hybridized carbons (Fsp3) is 0.357. The minimum absolute atomic E-state index is 0.310. The van der Waals surface area contributed by atoms with Gasteiger partial charge in [0.15, 0.2) is 0 Å². The van der Waals surface area contributed by atoms with Crippen molar-refractivity contribution in [3.63, 3.8) is 0 Å². The van der Waals surface area contributed by atoms with Gasteiger partial charge in [0.25, 0.3) is 0 Å². The molecule has 17 heavy (non-hydrogen) atoms. The molecule has 0 atom stereocenters. The Hall–Kier alpha value is -1.61. The van der Waals surface area contributed by atoms with E-state index in [4.69, 9.17) is 4.74 Å². The molecular formula is C14H18O3. The molecule has 0 N–H and O–H groups in total. The van der Waals surface area contributed by atoms with Crippen molar-refractivity contribution in [1.29, 1.82) is 0 Å². The summed E-state index contributed by atoms with van der Waals surface area (Å²) in [5.41, 5.74) is 1.18. The molecule has 0 aliphatic rings. The zero-order valence-electron chi connectivity index (χ0n) is 10.1. The van der Waals surface area contributed by atoms with Gasteiger partial charge >= 0.3 is 5.97 Å². The van der Waals surface area contributed by atoms with E-state index in [0.717, 1.165) is 12.8 Å². The number of rotatable bonds is 7. The fourth-order valence-electron chi connectivity index (χ4n) is 1.32. The average molecular weight is 234 g/mol. The first-order valence-electron chi connectivity index (χ1n) is 5.69. The van der Waals surface area contributed by atoms with Crippen LogP contribution in [0.5, 0.6) is 0 Å². The lowest BCUT2D eigenvalue weighted by Gasteiger charge is -2.02. The molecule has 0 saturated carbocycles. The molecule has 0 fully saturated rings. The minimum Gasteiger partial charge on any atom is -0.466 e. The van der Waals surface area contributed by atoms with Gasteiger partial charge in [-0.15, -0.1) is 0 Å². The highest BCUT2D eigenvalue weighted by atomic mass is 16.5. The molecule has 3 nitrogen and oxygen atoms in total. The van der Waals surface area contributed by atoms with Crippen LogP contribution < -0.4 is 0 Å². The lowest BCUT2D eigenvalue weighted by Crippen LogP contribution is -1.96. The Balaban J connectivity index is 2.02. The van der Waals surface area contributed by atoms with Crippen molar-refractivity contribution >= 4 is 5.97 Å². The maximum atomic E-state index is 10.7. The van der Waals surface area contributed by atoms with E-state index in [9.17, 15) is 4.79 Å². The summed E-state index contributed by atoms with van der Waals surface area (Å²) in [6.07, 6.45) is 4.97. The molecule has 0 saturated heterocycles. The summed E-state index contributed by atoms with van der Waals surface area (Å²) < 4.78 is 9.98. The minimum atomic E-state index is -0.310. The monoisotopic (exact) mass is 234 g/mol. The van der Waals surface area contributed by atoms with Crippen LogP contribution in [-0.4, -0.2) is 19.7 Å². The highest BCUT2D eigenvalue weighted by Crippen LogP contribution is 2.01. The molecule has 1 aromatic rings. The van der Waals surface area contributed by atoms with Gasteiger partial charge in [0.05, 0.1) is 13.7 Å². The number of carbonyl (C=O) groups is 1. The van der Waals surface area contributed by atoms with Crippen LogP contribution in [0.1, 0.15) is 18.4 Å². The van der Waals surface area contributed by atoms with E-state index in [-0.39, 0.29) is 5.97 Å². The van der Waals surface area contributed by atoms with Crippen LogP contribution in [0.4, 0.5) is 0 Å². The van der Waals surface area contributed by atoms with Crippen LogP contribution in [0.2, 0.25) is 0 Å². The van der Waals surface area contributed by atoms with Gasteiger partial charge in [-0.05, 0) is 18.4 Å². The summed E-state index contributed by atoms with van der Waals surface area (Å²) >= 11 is 0. The number of methoxy groups -OCH3 is 1. The van der Waals surface area contributed by atoms with E-state index in [1.54, 1.807) is 6.08 Å². The first kappa shape index (κ1) is 13.5. The molecule has 0 aromatic heterocycles. The Morgan fingerprint density at radius 1 is 1.29 bits per heavy atom. The first-order chi connectivity index (χ1) is 8.33. The van der Waals surface area contributed by atoms with Crippen molar-refractivity contribution < 1.29 is 14.3 Å². The first-order valence-corrected chi connectivity index (χ1v) is 5.69. The van der Waals surface area contributed by atoms with E-state index >= 15 is 0 Å². The third-order valence-electron chi connectivity index (χ3n) is 2.23. The van der Waals surface area contributed by atoms with Crippen molar-refractivity contribution in [3.8, 4) is 0 Å². The molecule has 0 radical (unpaired) electrons. The summed E-state index contributed by atoms with van der Waals surface area (Å²) in [6.45, 7) is 1.34. The lowest BCUT2D eigenvalue weighted by atomic mass is 10.2. The van der Waals surface area contributed by atoms with Crippen LogP contribution in [-0.2, 0) is 20.9 Å². The van der Waals surface area contributed by atoms with Gasteiger partial charge in [-0.3, -0.25) is 0 Å². The highest BCUT2D eigenvalue weighted by molar-refractivity contribution is 5.81. The molecule has 0 unspecified atom stereocenters. The number of benzene rings is 1. The molecule has 0 aliphatic carbocycles. The Morgan fingerprint density at radius 2 is 2.06 bits per heavy atom. The van der Waals surface area contributed by atoms with E-state index in [2.05, 4.69) is 4.74 Å². The summed E-state index contributed by atoms with van der Waals surface area (Å²) in [4.78, 5) is 10.7. The second-order valence-electron chi connectivity index (χ2n) is 3.61. The largest absolute Gasteiger partial charge is 0.466 e. The average Bonchev–Trinajstić information content (AvgIpc) is 2.38. The molecule has 3 heteroatoms. The van der Waals surface area contributed by atoms with Crippen molar-refractivity contribution in [1.82, 2.24) is 0 Å². The van der Waals surface area contributed by atoms with Gasteiger partial charge in [-0.25, -0.2) is 4.79 Å². The van der Waals surface area contributed by atoms with Crippen molar-refractivity contribution in [2.75, 3.05) is 13.7 Å². The van der Waals surface area contributed by atoms with E-state index in [1.165, 1.54) is 18.7 Å². The molecule has 0 heterocycles. The van der Waals surface area contributed by atoms with Crippen LogP contribution in [0.25, 0.3) is 0 Å². The Labute approximate surface area is 102 Å². The number of carbonyl (C=O) groups excluding carboxylic acids is 1. The molecule has 0 spiro atoms. The zero-order valence-corrected chi connectivity index (χ0v) is 10.1. The summed E-state index contributed by atoms with van der Waals surface area (Å²) in [7, 11) is 1.37. The molecular weight excluding hydrogens is 216 g/mol. The third-order valence-corrected chi connectivity index (χ3v) is 2.23. The van der Waals surface area contributed by atoms with Gasteiger partial charge in [0.1, 0.15) is 0 Å². The van der Waals surface area contributed by atoms with E-state index in [0.29, 0.717) is 13.2 Å². The smallest absolute Gasteiger partial charge is 0.330 e. The molecule has 1 rings (SSSR count). The Kier molecular flexibility index (Phi) is 6.75. The molecule has 92 valence electrons. The second-order valence-corrected chi connectivity index (χ2v) is 3.61. The number of ether oxygens (including phenoxy) is 2. The second kappa shape index (κ2) is 8.53. The van der Waals surface area contributed by atoms with E-state index < -0.39 is 0 Å². The van der Waals surface area contributed by atoms with Crippen LogP contribution in [0.15, 0.2) is 42.5 Å². The highest BCUT2D eigenvalue weighted by Gasteiger charge is 1.92. The number of allylic oxidation sites excluding steroid dienone is 1. The van der Waals surface area contributed by atoms with Crippen molar-refractivity contribution in [3.05, 3.63) is 48.0 Å². The lowest BCUT2D eigenvalue weighted by molar-refractivity contribution is -0.134. The van der Waals surface area contributed by atoms with Crippen molar-refractivity contribution in [2.24, 2.45) is 0 Å².